The van der Waals surface area contributed by atoms with Crippen molar-refractivity contribution in [2.75, 3.05) is 11.9 Å². The minimum Gasteiger partial charge on any atom is -0.344 e. The van der Waals surface area contributed by atoms with E-state index in [1.54, 1.807) is 12.1 Å². The molecule has 1 fully saturated rings. The second-order valence-electron chi connectivity index (χ2n) is 9.67. The van der Waals surface area contributed by atoms with Gasteiger partial charge in [0.15, 0.2) is 11.6 Å². The number of aromatic nitrogens is 3. The zero-order valence-corrected chi connectivity index (χ0v) is 21.5. The standard InChI is InChI=1S/C30H32N6O2/c1-21-9-7-8-18-36(21)20-25-13-6-5-12-24(25)19-31-29(37)30(38)32-26-16-14-23(15-17-26)28-33-27(34-35-28)22-10-3-2-4-11-22/h2-6,10-17,21H,7-9,18-20H2,1H3,(H,31,37)(H,32,38)(H,33,34,35). The van der Waals surface area contributed by atoms with Crippen LogP contribution in [0.1, 0.15) is 37.3 Å². The number of carbonyl (C=O) groups excluding carboxylic acids is 2. The molecule has 5 rings (SSSR count). The van der Waals surface area contributed by atoms with E-state index in [4.69, 9.17) is 0 Å². The number of rotatable bonds is 7. The minimum absolute atomic E-state index is 0.304. The molecule has 38 heavy (non-hydrogen) atoms. The van der Waals surface area contributed by atoms with Crippen molar-refractivity contribution in [2.24, 2.45) is 0 Å². The topological polar surface area (TPSA) is 103 Å². The maximum atomic E-state index is 12.5. The Morgan fingerprint density at radius 3 is 2.39 bits per heavy atom. The molecule has 8 heteroatoms. The number of nitrogens with one attached hydrogen (secondary N) is 3. The van der Waals surface area contributed by atoms with Crippen molar-refractivity contribution >= 4 is 17.5 Å². The van der Waals surface area contributed by atoms with Crippen LogP contribution in [-0.2, 0) is 22.7 Å². The number of hydrogen-bond donors (Lipinski definition) is 3. The van der Waals surface area contributed by atoms with Crippen LogP contribution in [0.3, 0.4) is 0 Å². The fraction of sp³-hybridized carbons (Fsp3) is 0.267. The average Bonchev–Trinajstić information content (AvgIpc) is 3.45. The van der Waals surface area contributed by atoms with Gasteiger partial charge in [0.2, 0.25) is 0 Å². The van der Waals surface area contributed by atoms with E-state index in [1.165, 1.54) is 24.8 Å². The number of likely N-dealkylation sites (tertiary alicyclic amines) is 1. The highest BCUT2D eigenvalue weighted by atomic mass is 16.2. The van der Waals surface area contributed by atoms with Gasteiger partial charge in [-0.15, -0.1) is 0 Å². The zero-order valence-electron chi connectivity index (χ0n) is 21.5. The summed E-state index contributed by atoms with van der Waals surface area (Å²) >= 11 is 0. The molecule has 1 aliphatic rings. The summed E-state index contributed by atoms with van der Waals surface area (Å²) in [4.78, 5) is 32.1. The van der Waals surface area contributed by atoms with Crippen LogP contribution < -0.4 is 10.6 Å². The number of H-pyrrole nitrogens is 1. The van der Waals surface area contributed by atoms with Gasteiger partial charge in [-0.2, -0.15) is 5.10 Å². The number of anilines is 1. The molecule has 1 aliphatic heterocycles. The Hall–Kier alpha value is -4.30. The van der Waals surface area contributed by atoms with Gasteiger partial charge in [0.1, 0.15) is 0 Å². The van der Waals surface area contributed by atoms with Crippen molar-refractivity contribution in [3.05, 3.63) is 90.0 Å². The summed E-state index contributed by atoms with van der Waals surface area (Å²) in [6.45, 7) is 4.52. The zero-order chi connectivity index (χ0) is 26.3. The van der Waals surface area contributed by atoms with Gasteiger partial charge >= 0.3 is 11.8 Å². The molecule has 2 heterocycles. The van der Waals surface area contributed by atoms with E-state index < -0.39 is 11.8 Å². The molecule has 4 aromatic rings. The van der Waals surface area contributed by atoms with Crippen LogP contribution in [0.15, 0.2) is 78.9 Å². The van der Waals surface area contributed by atoms with E-state index in [2.05, 4.69) is 43.7 Å². The molecule has 0 spiro atoms. The van der Waals surface area contributed by atoms with E-state index >= 15 is 0 Å². The highest BCUT2D eigenvalue weighted by Crippen LogP contribution is 2.22. The Morgan fingerprint density at radius 2 is 1.63 bits per heavy atom. The molecule has 194 valence electrons. The number of piperidine rings is 1. The summed E-state index contributed by atoms with van der Waals surface area (Å²) < 4.78 is 0. The lowest BCUT2D eigenvalue weighted by molar-refractivity contribution is -0.136. The number of aromatic amines is 1. The molecule has 0 bridgehead atoms. The minimum atomic E-state index is -0.703. The monoisotopic (exact) mass is 508 g/mol. The molecule has 3 aromatic carbocycles. The lowest BCUT2D eigenvalue weighted by Crippen LogP contribution is -2.37. The van der Waals surface area contributed by atoms with Gasteiger partial charge in [0.25, 0.3) is 0 Å². The van der Waals surface area contributed by atoms with Crippen molar-refractivity contribution < 1.29 is 9.59 Å². The maximum Gasteiger partial charge on any atom is 0.313 e. The summed E-state index contributed by atoms with van der Waals surface area (Å²) in [5.41, 5.74) is 4.48. The summed E-state index contributed by atoms with van der Waals surface area (Å²) in [6.07, 6.45) is 3.72. The van der Waals surface area contributed by atoms with Gasteiger partial charge in [-0.3, -0.25) is 19.6 Å². The number of carbonyl (C=O) groups is 2. The van der Waals surface area contributed by atoms with E-state index in [0.29, 0.717) is 29.9 Å². The van der Waals surface area contributed by atoms with Gasteiger partial charge in [-0.05, 0) is 61.7 Å². The van der Waals surface area contributed by atoms with Crippen molar-refractivity contribution in [1.29, 1.82) is 0 Å². The van der Waals surface area contributed by atoms with Gasteiger partial charge < -0.3 is 10.6 Å². The molecule has 8 nitrogen and oxygen atoms in total. The summed E-state index contributed by atoms with van der Waals surface area (Å²) in [6, 6.07) is 25.5. The van der Waals surface area contributed by atoms with Crippen LogP contribution in [0.5, 0.6) is 0 Å². The van der Waals surface area contributed by atoms with Crippen LogP contribution >= 0.6 is 0 Å². The molecular formula is C30H32N6O2. The molecular weight excluding hydrogens is 476 g/mol. The Balaban J connectivity index is 1.16. The van der Waals surface area contributed by atoms with Crippen LogP contribution in [0.4, 0.5) is 5.69 Å². The first-order chi connectivity index (χ1) is 18.6. The lowest BCUT2D eigenvalue weighted by Gasteiger charge is -2.33. The predicted molar refractivity (Wildman–Crippen MR) is 148 cm³/mol. The third-order valence-corrected chi connectivity index (χ3v) is 7.01. The third-order valence-electron chi connectivity index (χ3n) is 7.01. The average molecular weight is 509 g/mol. The Bertz CT molecular complexity index is 1380. The molecule has 3 N–H and O–H groups in total. The quantitative estimate of drug-likeness (QED) is 0.312. The van der Waals surface area contributed by atoms with E-state index in [1.807, 2.05) is 60.7 Å². The van der Waals surface area contributed by atoms with Crippen molar-refractivity contribution in [1.82, 2.24) is 25.4 Å². The first-order valence-electron chi connectivity index (χ1n) is 13.0. The maximum absolute atomic E-state index is 12.5. The number of amides is 2. The van der Waals surface area contributed by atoms with E-state index in [9.17, 15) is 9.59 Å². The Kier molecular flexibility index (Phi) is 7.89. The first-order valence-corrected chi connectivity index (χ1v) is 13.0. The highest BCUT2D eigenvalue weighted by molar-refractivity contribution is 6.39. The SMILES string of the molecule is CC1CCCCN1Cc1ccccc1CNC(=O)C(=O)Nc1ccc(-c2nc(-c3ccccc3)n[nH]2)cc1. The molecule has 1 unspecified atom stereocenters. The normalized spacial score (nSPS) is 15.7. The van der Waals surface area contributed by atoms with E-state index in [-0.39, 0.29) is 0 Å². The van der Waals surface area contributed by atoms with Crippen LogP contribution in [0.25, 0.3) is 22.8 Å². The largest absolute Gasteiger partial charge is 0.344 e. The molecule has 2 amide bonds. The van der Waals surface area contributed by atoms with Crippen LogP contribution in [-0.4, -0.2) is 44.5 Å². The second kappa shape index (κ2) is 11.8. The number of benzene rings is 3. The lowest BCUT2D eigenvalue weighted by atomic mass is 10.0. The Morgan fingerprint density at radius 1 is 0.895 bits per heavy atom. The Labute approximate surface area is 222 Å². The summed E-state index contributed by atoms with van der Waals surface area (Å²) in [5, 5.41) is 12.7. The number of hydrogen-bond acceptors (Lipinski definition) is 5. The van der Waals surface area contributed by atoms with Crippen molar-refractivity contribution in [3.63, 3.8) is 0 Å². The van der Waals surface area contributed by atoms with Crippen LogP contribution in [0, 0.1) is 0 Å². The van der Waals surface area contributed by atoms with E-state index in [0.717, 1.165) is 29.8 Å². The first kappa shape index (κ1) is 25.4. The molecule has 0 aliphatic carbocycles. The van der Waals surface area contributed by atoms with Crippen LogP contribution in [0.2, 0.25) is 0 Å². The van der Waals surface area contributed by atoms with Crippen molar-refractivity contribution in [3.8, 4) is 22.8 Å². The molecule has 0 radical (unpaired) electrons. The fourth-order valence-electron chi connectivity index (χ4n) is 4.76. The molecule has 1 atom stereocenters. The van der Waals surface area contributed by atoms with Gasteiger partial charge in [0.05, 0.1) is 0 Å². The predicted octanol–water partition coefficient (Wildman–Crippen LogP) is 4.77. The van der Waals surface area contributed by atoms with Gasteiger partial charge in [-0.1, -0.05) is 61.0 Å². The summed E-state index contributed by atoms with van der Waals surface area (Å²) in [5.74, 6) is -0.136. The van der Waals surface area contributed by atoms with Gasteiger partial charge in [-0.25, -0.2) is 4.98 Å². The fourth-order valence-corrected chi connectivity index (χ4v) is 4.76. The van der Waals surface area contributed by atoms with Crippen molar-refractivity contribution in [2.45, 2.75) is 45.3 Å². The highest BCUT2D eigenvalue weighted by Gasteiger charge is 2.20. The third kappa shape index (κ3) is 6.15. The number of nitrogens with zero attached hydrogens (tertiary/aromatic N) is 3. The molecule has 1 saturated heterocycles. The smallest absolute Gasteiger partial charge is 0.313 e. The van der Waals surface area contributed by atoms with Gasteiger partial charge in [0, 0.05) is 35.9 Å². The molecule has 0 saturated carbocycles. The molecule has 1 aromatic heterocycles. The second-order valence-corrected chi connectivity index (χ2v) is 9.67. The summed E-state index contributed by atoms with van der Waals surface area (Å²) in [7, 11) is 0.